The van der Waals surface area contributed by atoms with Gasteiger partial charge in [-0.1, -0.05) is 24.1 Å². The largest absolute Gasteiger partial charge is 0.481 e. The van der Waals surface area contributed by atoms with Gasteiger partial charge < -0.3 is 10.4 Å². The van der Waals surface area contributed by atoms with Gasteiger partial charge >= 0.3 is 12.1 Å². The van der Waals surface area contributed by atoms with E-state index in [2.05, 4.69) is 15.6 Å². The quantitative estimate of drug-likeness (QED) is 0.828. The van der Waals surface area contributed by atoms with Crippen molar-refractivity contribution in [2.45, 2.75) is 44.3 Å². The van der Waals surface area contributed by atoms with Gasteiger partial charge in [-0.3, -0.25) is 9.59 Å². The van der Waals surface area contributed by atoms with E-state index in [0.717, 1.165) is 29.7 Å². The van der Waals surface area contributed by atoms with Gasteiger partial charge in [0.1, 0.15) is 0 Å². The molecule has 7 nitrogen and oxygen atoms in total. The molecule has 28 heavy (non-hydrogen) atoms. The molecule has 1 aliphatic carbocycles. The second kappa shape index (κ2) is 7.25. The van der Waals surface area contributed by atoms with Crippen molar-refractivity contribution < 1.29 is 27.9 Å². The summed E-state index contributed by atoms with van der Waals surface area (Å²) in [6, 6.07) is 4.48. The highest BCUT2D eigenvalue weighted by atomic mass is 19.4. The lowest BCUT2D eigenvalue weighted by Crippen LogP contribution is -2.55. The number of carboxylic acids is 1. The van der Waals surface area contributed by atoms with Crippen molar-refractivity contribution in [2.75, 3.05) is 0 Å². The highest BCUT2D eigenvalue weighted by molar-refractivity contribution is 5.93. The minimum atomic E-state index is -4.50. The fourth-order valence-corrected chi connectivity index (χ4v) is 3.52. The molecule has 1 amide bonds. The van der Waals surface area contributed by atoms with Gasteiger partial charge in [-0.15, -0.1) is 5.10 Å². The number of aromatic nitrogens is 3. The van der Waals surface area contributed by atoms with Crippen molar-refractivity contribution in [1.82, 2.24) is 20.3 Å². The maximum absolute atomic E-state index is 12.9. The third kappa shape index (κ3) is 4.00. The third-order valence-electron chi connectivity index (χ3n) is 5.07. The number of halogens is 3. The summed E-state index contributed by atoms with van der Waals surface area (Å²) in [7, 11) is 0. The summed E-state index contributed by atoms with van der Waals surface area (Å²) < 4.78 is 39.7. The Bertz CT molecular complexity index is 896. The van der Waals surface area contributed by atoms with Crippen LogP contribution in [0.4, 0.5) is 13.2 Å². The summed E-state index contributed by atoms with van der Waals surface area (Å²) in [5.74, 6) is -2.31. The van der Waals surface area contributed by atoms with Crippen molar-refractivity contribution in [3.05, 3.63) is 41.7 Å². The van der Waals surface area contributed by atoms with Crippen molar-refractivity contribution in [1.29, 1.82) is 0 Å². The van der Waals surface area contributed by atoms with Gasteiger partial charge in [-0.25, -0.2) is 4.68 Å². The maximum Gasteiger partial charge on any atom is 0.416 e. The van der Waals surface area contributed by atoms with Crippen molar-refractivity contribution in [3.8, 4) is 5.69 Å². The smallest absolute Gasteiger partial charge is 0.416 e. The number of aliphatic carboxylic acids is 1. The number of benzene rings is 1. The molecule has 0 saturated heterocycles. The summed E-state index contributed by atoms with van der Waals surface area (Å²) in [6.07, 6.45) is -0.753. The molecule has 3 rings (SSSR count). The van der Waals surface area contributed by atoms with E-state index in [-0.39, 0.29) is 11.4 Å². The molecule has 1 saturated carbocycles. The molecule has 0 bridgehead atoms. The van der Waals surface area contributed by atoms with Gasteiger partial charge in [-0.05, 0) is 38.0 Å². The maximum atomic E-state index is 12.9. The molecule has 1 heterocycles. The summed E-state index contributed by atoms with van der Waals surface area (Å²) >= 11 is 0. The van der Waals surface area contributed by atoms with Crippen molar-refractivity contribution >= 4 is 11.9 Å². The Morgan fingerprint density at radius 2 is 2.07 bits per heavy atom. The first-order valence-electron chi connectivity index (χ1n) is 8.75. The normalized spacial score (nSPS) is 22.6. The molecule has 150 valence electrons. The number of hydrogen-bond donors (Lipinski definition) is 2. The molecular weight excluding hydrogens is 377 g/mol. The number of carbonyl (C=O) groups is 2. The Morgan fingerprint density at radius 1 is 1.32 bits per heavy atom. The summed E-state index contributed by atoms with van der Waals surface area (Å²) in [5, 5.41) is 19.6. The monoisotopic (exact) mass is 396 g/mol. The molecule has 10 heteroatoms. The Morgan fingerprint density at radius 3 is 2.75 bits per heavy atom. The summed E-state index contributed by atoms with van der Waals surface area (Å²) in [5.41, 5.74) is -1.77. The minimum Gasteiger partial charge on any atom is -0.481 e. The van der Waals surface area contributed by atoms with E-state index in [1.807, 2.05) is 0 Å². The zero-order valence-electron chi connectivity index (χ0n) is 15.0. The first kappa shape index (κ1) is 19.8. The second-order valence-electron chi connectivity index (χ2n) is 7.10. The number of carboxylic acid groups (broad SMARTS) is 1. The molecule has 2 atom stereocenters. The summed E-state index contributed by atoms with van der Waals surface area (Å²) in [4.78, 5) is 24.1. The Kier molecular flexibility index (Phi) is 5.14. The van der Waals surface area contributed by atoms with Crippen LogP contribution in [0.1, 0.15) is 48.7 Å². The molecular formula is C18H19F3N4O3. The molecule has 1 aliphatic rings. The molecule has 2 aromatic rings. The van der Waals surface area contributed by atoms with E-state index in [4.69, 9.17) is 0 Å². The predicted molar refractivity (Wildman–Crippen MR) is 91.8 cm³/mol. The topological polar surface area (TPSA) is 97.1 Å². The number of nitrogens with one attached hydrogen (secondary N) is 1. The van der Waals surface area contributed by atoms with E-state index in [0.29, 0.717) is 12.8 Å². The van der Waals surface area contributed by atoms with Crippen LogP contribution in [0.15, 0.2) is 30.5 Å². The fourth-order valence-electron chi connectivity index (χ4n) is 3.52. The molecule has 0 radical (unpaired) electrons. The van der Waals surface area contributed by atoms with Gasteiger partial charge in [0.25, 0.3) is 5.91 Å². The third-order valence-corrected chi connectivity index (χ3v) is 5.07. The van der Waals surface area contributed by atoms with Crippen LogP contribution in [0.5, 0.6) is 0 Å². The van der Waals surface area contributed by atoms with Gasteiger partial charge in [0.05, 0.1) is 28.9 Å². The van der Waals surface area contributed by atoms with Crippen LogP contribution in [0.3, 0.4) is 0 Å². The first-order chi connectivity index (χ1) is 13.1. The first-order valence-corrected chi connectivity index (χ1v) is 8.75. The molecule has 2 unspecified atom stereocenters. The molecule has 1 aromatic heterocycles. The highest BCUT2D eigenvalue weighted by Crippen LogP contribution is 2.34. The standard InChI is InChI=1S/C18H19F3N4O3/c1-17(8-3-2-7-13(17)16(27)28)22-15(26)14-10-25(24-23-14)12-6-4-5-11(9-12)18(19,20)21/h4-6,9-10,13H,2-3,7-8H2,1H3,(H,22,26)(H,27,28). The van der Waals surface area contributed by atoms with E-state index < -0.39 is 35.1 Å². The minimum absolute atomic E-state index is 0.103. The number of alkyl halides is 3. The van der Waals surface area contributed by atoms with Crippen LogP contribution < -0.4 is 5.32 Å². The second-order valence-corrected chi connectivity index (χ2v) is 7.10. The van der Waals surface area contributed by atoms with Crippen LogP contribution in [0, 0.1) is 5.92 Å². The van der Waals surface area contributed by atoms with E-state index >= 15 is 0 Å². The lowest BCUT2D eigenvalue weighted by atomic mass is 9.74. The van der Waals surface area contributed by atoms with Crippen LogP contribution >= 0.6 is 0 Å². The lowest BCUT2D eigenvalue weighted by Gasteiger charge is -2.39. The number of nitrogens with zero attached hydrogens (tertiary/aromatic N) is 3. The highest BCUT2D eigenvalue weighted by Gasteiger charge is 2.42. The molecule has 0 aliphatic heterocycles. The molecule has 0 spiro atoms. The SMILES string of the molecule is CC1(NC(=O)c2cn(-c3cccc(C(F)(F)F)c3)nn2)CCCCC1C(=O)O. The van der Waals surface area contributed by atoms with Crippen LogP contribution in [0.2, 0.25) is 0 Å². The average Bonchev–Trinajstić information content (AvgIpc) is 3.11. The summed E-state index contributed by atoms with van der Waals surface area (Å²) in [6.45, 7) is 1.68. The number of carbonyl (C=O) groups excluding carboxylic acids is 1. The Hall–Kier alpha value is -2.91. The molecule has 2 N–H and O–H groups in total. The van der Waals surface area contributed by atoms with E-state index in [1.165, 1.54) is 18.3 Å². The van der Waals surface area contributed by atoms with Crippen LogP contribution in [-0.4, -0.2) is 37.5 Å². The fraction of sp³-hybridized carbons (Fsp3) is 0.444. The molecule has 1 aromatic carbocycles. The Labute approximate surface area is 158 Å². The molecule has 1 fully saturated rings. The average molecular weight is 396 g/mol. The zero-order chi connectivity index (χ0) is 20.5. The van der Waals surface area contributed by atoms with Gasteiger partial charge in [0, 0.05) is 0 Å². The van der Waals surface area contributed by atoms with Gasteiger partial charge in [0.2, 0.25) is 0 Å². The van der Waals surface area contributed by atoms with Gasteiger partial charge in [-0.2, -0.15) is 13.2 Å². The van der Waals surface area contributed by atoms with Gasteiger partial charge in [0.15, 0.2) is 5.69 Å². The van der Waals surface area contributed by atoms with E-state index in [9.17, 15) is 27.9 Å². The van der Waals surface area contributed by atoms with E-state index in [1.54, 1.807) is 6.92 Å². The predicted octanol–water partition coefficient (Wildman–Crippen LogP) is 3.05. The number of hydrogen-bond acceptors (Lipinski definition) is 4. The Balaban J connectivity index is 1.80. The lowest BCUT2D eigenvalue weighted by molar-refractivity contribution is -0.145. The number of rotatable bonds is 4. The zero-order valence-corrected chi connectivity index (χ0v) is 15.0. The van der Waals surface area contributed by atoms with Crippen LogP contribution in [-0.2, 0) is 11.0 Å². The van der Waals surface area contributed by atoms with Crippen molar-refractivity contribution in [2.24, 2.45) is 5.92 Å². The van der Waals surface area contributed by atoms with Crippen LogP contribution in [0.25, 0.3) is 5.69 Å². The van der Waals surface area contributed by atoms with Crippen molar-refractivity contribution in [3.63, 3.8) is 0 Å². The number of amides is 1.